The number of allylic oxidation sites excluding steroid dienone is 1. The van der Waals surface area contributed by atoms with Crippen molar-refractivity contribution in [3.63, 3.8) is 0 Å². The summed E-state index contributed by atoms with van der Waals surface area (Å²) in [6, 6.07) is 16.7. The van der Waals surface area contributed by atoms with Crippen LogP contribution in [0.1, 0.15) is 30.9 Å². The first-order valence-corrected chi connectivity index (χ1v) is 11.4. The third kappa shape index (κ3) is 4.52. The quantitative estimate of drug-likeness (QED) is 0.372. The van der Waals surface area contributed by atoms with Gasteiger partial charge in [-0.1, -0.05) is 48.0 Å². The Morgan fingerprint density at radius 2 is 1.91 bits per heavy atom. The van der Waals surface area contributed by atoms with Crippen LogP contribution in [0.2, 0.25) is 5.02 Å². The zero-order chi connectivity index (χ0) is 24.2. The van der Waals surface area contributed by atoms with E-state index in [9.17, 15) is 9.59 Å². The van der Waals surface area contributed by atoms with Crippen molar-refractivity contribution in [1.82, 2.24) is 9.55 Å². The fourth-order valence-corrected chi connectivity index (χ4v) is 4.35. The minimum Gasteiger partial charge on any atom is -0.465 e. The average molecular weight is 477 g/mol. The van der Waals surface area contributed by atoms with Crippen molar-refractivity contribution in [2.24, 2.45) is 10.9 Å². The zero-order valence-electron chi connectivity index (χ0n) is 19.0. The topological polar surface area (TPSA) is 85.6 Å². The molecule has 7 nitrogen and oxygen atoms in total. The minimum absolute atomic E-state index is 0.234. The lowest BCUT2D eigenvalue weighted by Crippen LogP contribution is -2.36. The SMILES string of the molecule is C=CCn1c2c(c(Nc3ccc(Cl)cc3)nc1=O)C(c1ccccc1)C(C(=O)OCC)C(C)=N2. The van der Waals surface area contributed by atoms with Crippen molar-refractivity contribution < 1.29 is 9.53 Å². The normalized spacial score (nSPS) is 16.9. The van der Waals surface area contributed by atoms with Gasteiger partial charge < -0.3 is 10.1 Å². The highest BCUT2D eigenvalue weighted by Gasteiger charge is 2.41. The molecule has 1 aromatic heterocycles. The molecule has 1 aliphatic heterocycles. The number of carbonyl (C=O) groups excluding carboxylic acids is 1. The van der Waals surface area contributed by atoms with E-state index in [4.69, 9.17) is 21.3 Å². The predicted molar refractivity (Wildman–Crippen MR) is 135 cm³/mol. The van der Waals surface area contributed by atoms with Gasteiger partial charge in [-0.15, -0.1) is 6.58 Å². The highest BCUT2D eigenvalue weighted by Crippen LogP contribution is 2.45. The molecule has 0 amide bonds. The maximum absolute atomic E-state index is 13.1. The number of nitrogens with one attached hydrogen (secondary N) is 1. The number of hydrogen-bond donors (Lipinski definition) is 1. The third-order valence-electron chi connectivity index (χ3n) is 5.68. The van der Waals surface area contributed by atoms with Crippen LogP contribution < -0.4 is 11.0 Å². The lowest BCUT2D eigenvalue weighted by molar-refractivity contribution is -0.146. The van der Waals surface area contributed by atoms with Crippen LogP contribution in [-0.4, -0.2) is 27.8 Å². The summed E-state index contributed by atoms with van der Waals surface area (Å²) in [5.74, 6) is -0.726. The van der Waals surface area contributed by atoms with Crippen molar-refractivity contribution in [3.8, 4) is 0 Å². The molecule has 1 N–H and O–H groups in total. The molecule has 0 aliphatic carbocycles. The second-order valence-electron chi connectivity index (χ2n) is 7.88. The monoisotopic (exact) mass is 476 g/mol. The molecule has 0 bridgehead atoms. The van der Waals surface area contributed by atoms with E-state index < -0.39 is 17.5 Å². The first kappa shape index (κ1) is 23.4. The van der Waals surface area contributed by atoms with Gasteiger partial charge in [-0.2, -0.15) is 4.98 Å². The first-order valence-electron chi connectivity index (χ1n) is 11.0. The number of aliphatic imine (C=N–C) groups is 1. The van der Waals surface area contributed by atoms with E-state index >= 15 is 0 Å². The Balaban J connectivity index is 2.00. The number of halogens is 1. The lowest BCUT2D eigenvalue weighted by Gasteiger charge is -2.33. The molecule has 0 saturated carbocycles. The Labute approximate surface area is 202 Å². The van der Waals surface area contributed by atoms with Gasteiger partial charge in [-0.25, -0.2) is 9.79 Å². The smallest absolute Gasteiger partial charge is 0.351 e. The number of nitrogens with zero attached hydrogens (tertiary/aromatic N) is 3. The molecule has 0 saturated heterocycles. The van der Waals surface area contributed by atoms with Gasteiger partial charge in [0.15, 0.2) is 0 Å². The van der Waals surface area contributed by atoms with E-state index in [-0.39, 0.29) is 19.1 Å². The van der Waals surface area contributed by atoms with Gasteiger partial charge >= 0.3 is 11.7 Å². The molecule has 8 heteroatoms. The van der Waals surface area contributed by atoms with Crippen molar-refractivity contribution in [1.29, 1.82) is 0 Å². The van der Waals surface area contributed by atoms with Crippen molar-refractivity contribution in [3.05, 3.63) is 93.9 Å². The van der Waals surface area contributed by atoms with Crippen LogP contribution >= 0.6 is 11.6 Å². The summed E-state index contributed by atoms with van der Waals surface area (Å²) in [5.41, 5.74) is 2.34. The van der Waals surface area contributed by atoms with Crippen molar-refractivity contribution in [2.75, 3.05) is 11.9 Å². The summed E-state index contributed by atoms with van der Waals surface area (Å²) >= 11 is 6.04. The maximum Gasteiger partial charge on any atom is 0.351 e. The molecule has 4 rings (SSSR count). The fraction of sp³-hybridized carbons (Fsp3) is 0.231. The Morgan fingerprint density at radius 3 is 2.56 bits per heavy atom. The van der Waals surface area contributed by atoms with Gasteiger partial charge in [0.25, 0.3) is 0 Å². The van der Waals surface area contributed by atoms with E-state index in [0.29, 0.717) is 33.6 Å². The van der Waals surface area contributed by atoms with Gasteiger partial charge in [0.05, 0.1) is 6.61 Å². The number of benzene rings is 2. The van der Waals surface area contributed by atoms with Crippen LogP contribution in [0.5, 0.6) is 0 Å². The second kappa shape index (κ2) is 10.1. The molecule has 2 atom stereocenters. The molecule has 0 spiro atoms. The van der Waals surface area contributed by atoms with E-state index in [2.05, 4.69) is 16.9 Å². The van der Waals surface area contributed by atoms with Gasteiger partial charge in [0, 0.05) is 34.4 Å². The van der Waals surface area contributed by atoms with Crippen LogP contribution in [-0.2, 0) is 16.1 Å². The second-order valence-corrected chi connectivity index (χ2v) is 8.32. The molecule has 174 valence electrons. The first-order chi connectivity index (χ1) is 16.4. The number of fused-ring (bicyclic) bond motifs is 1. The van der Waals surface area contributed by atoms with E-state index in [1.165, 1.54) is 4.57 Å². The molecule has 0 fully saturated rings. The van der Waals surface area contributed by atoms with Gasteiger partial charge in [0.1, 0.15) is 17.6 Å². The molecule has 34 heavy (non-hydrogen) atoms. The van der Waals surface area contributed by atoms with E-state index in [1.807, 2.05) is 30.3 Å². The maximum atomic E-state index is 13.1. The van der Waals surface area contributed by atoms with Crippen LogP contribution in [0.25, 0.3) is 0 Å². The largest absolute Gasteiger partial charge is 0.465 e. The average Bonchev–Trinajstić information content (AvgIpc) is 2.83. The summed E-state index contributed by atoms with van der Waals surface area (Å²) in [6.45, 7) is 7.82. The summed E-state index contributed by atoms with van der Waals surface area (Å²) in [4.78, 5) is 35.2. The summed E-state index contributed by atoms with van der Waals surface area (Å²) in [5, 5.41) is 3.83. The zero-order valence-corrected chi connectivity index (χ0v) is 19.7. The van der Waals surface area contributed by atoms with Crippen LogP contribution in [0.15, 0.2) is 77.0 Å². The lowest BCUT2D eigenvalue weighted by atomic mass is 9.76. The summed E-state index contributed by atoms with van der Waals surface area (Å²) in [7, 11) is 0. The third-order valence-corrected chi connectivity index (χ3v) is 5.94. The molecular formula is C26H25ClN4O3. The molecule has 1 aliphatic rings. The van der Waals surface area contributed by atoms with Crippen molar-refractivity contribution >= 4 is 40.6 Å². The number of aromatic nitrogens is 2. The highest BCUT2D eigenvalue weighted by atomic mass is 35.5. The highest BCUT2D eigenvalue weighted by molar-refractivity contribution is 6.30. The van der Waals surface area contributed by atoms with E-state index in [1.54, 1.807) is 44.2 Å². The number of carbonyl (C=O) groups is 1. The minimum atomic E-state index is -0.669. The van der Waals surface area contributed by atoms with Gasteiger partial charge in [-0.05, 0) is 43.7 Å². The molecule has 0 radical (unpaired) electrons. The van der Waals surface area contributed by atoms with Crippen LogP contribution in [0.4, 0.5) is 17.3 Å². The van der Waals surface area contributed by atoms with Crippen molar-refractivity contribution in [2.45, 2.75) is 26.3 Å². The predicted octanol–water partition coefficient (Wildman–Crippen LogP) is 5.24. The number of ether oxygens (including phenoxy) is 1. The molecule has 2 aromatic carbocycles. The van der Waals surface area contributed by atoms with Gasteiger partial charge in [0.2, 0.25) is 0 Å². The standard InChI is InChI=1S/C26H25ClN4O3/c1-4-15-31-24-22(23(30-26(31)33)29-19-13-11-18(27)12-14-19)21(17-9-7-6-8-10-17)20(16(3)28-24)25(32)34-5-2/h4,6-14,20-21H,1,5,15H2,2-3H3,(H,29,30,33). The number of hydrogen-bond acceptors (Lipinski definition) is 6. The Bertz CT molecular complexity index is 1300. The number of esters is 1. The Morgan fingerprint density at radius 1 is 1.21 bits per heavy atom. The molecule has 2 unspecified atom stereocenters. The number of anilines is 2. The fourth-order valence-electron chi connectivity index (χ4n) is 4.23. The van der Waals surface area contributed by atoms with Gasteiger partial charge in [-0.3, -0.25) is 9.36 Å². The van der Waals surface area contributed by atoms with Crippen LogP contribution in [0.3, 0.4) is 0 Å². The Kier molecular flexibility index (Phi) is 6.93. The van der Waals surface area contributed by atoms with E-state index in [0.717, 1.165) is 5.56 Å². The summed E-state index contributed by atoms with van der Waals surface area (Å²) in [6.07, 6.45) is 1.62. The van der Waals surface area contributed by atoms with Crippen LogP contribution in [0, 0.1) is 5.92 Å². The molecule has 3 aromatic rings. The summed E-state index contributed by atoms with van der Waals surface area (Å²) < 4.78 is 6.90. The molecule has 2 heterocycles. The molecular weight excluding hydrogens is 452 g/mol. The Hall–Kier alpha value is -3.71. The number of rotatable bonds is 7.